The molecule has 0 bridgehead atoms. The SMILES string of the molecule is O=C(O)c1cccc(CC(=O)N2CCC(OCC3CC3)CC2)c1. The van der Waals surface area contributed by atoms with E-state index in [1.807, 2.05) is 4.90 Å². The first-order chi connectivity index (χ1) is 11.1. The Balaban J connectivity index is 1.47. The van der Waals surface area contributed by atoms with E-state index in [9.17, 15) is 9.59 Å². The Morgan fingerprint density at radius 3 is 2.57 bits per heavy atom. The lowest BCUT2D eigenvalue weighted by molar-refractivity contribution is -0.133. The Morgan fingerprint density at radius 1 is 1.17 bits per heavy atom. The number of carbonyl (C=O) groups is 2. The minimum atomic E-state index is -0.965. The second-order valence-electron chi connectivity index (χ2n) is 6.54. The van der Waals surface area contributed by atoms with Gasteiger partial charge in [0.25, 0.3) is 0 Å². The smallest absolute Gasteiger partial charge is 0.335 e. The number of carbonyl (C=O) groups excluding carboxylic acids is 1. The fraction of sp³-hybridized carbons (Fsp3) is 0.556. The molecule has 1 aromatic rings. The van der Waals surface area contributed by atoms with Crippen molar-refractivity contribution < 1.29 is 19.4 Å². The third-order valence-corrected chi connectivity index (χ3v) is 4.59. The molecule has 2 fully saturated rings. The van der Waals surface area contributed by atoms with Crippen LogP contribution in [0.4, 0.5) is 0 Å². The number of likely N-dealkylation sites (tertiary alicyclic amines) is 1. The molecule has 1 N–H and O–H groups in total. The number of ether oxygens (including phenoxy) is 1. The zero-order chi connectivity index (χ0) is 16.2. The second kappa shape index (κ2) is 7.13. The molecule has 1 saturated carbocycles. The third kappa shape index (κ3) is 4.55. The van der Waals surface area contributed by atoms with Gasteiger partial charge in [0.05, 0.1) is 18.1 Å². The highest BCUT2D eigenvalue weighted by Gasteiger charge is 2.26. The Morgan fingerprint density at radius 2 is 1.91 bits per heavy atom. The van der Waals surface area contributed by atoms with Crippen LogP contribution < -0.4 is 0 Å². The Bertz CT molecular complexity index is 574. The lowest BCUT2D eigenvalue weighted by atomic mass is 10.0. The Hall–Kier alpha value is -1.88. The molecule has 2 aliphatic rings. The summed E-state index contributed by atoms with van der Waals surface area (Å²) in [6.07, 6.45) is 4.94. The maximum absolute atomic E-state index is 12.4. The number of nitrogens with zero attached hydrogens (tertiary/aromatic N) is 1. The van der Waals surface area contributed by atoms with Crippen molar-refractivity contribution in [3.63, 3.8) is 0 Å². The second-order valence-corrected chi connectivity index (χ2v) is 6.54. The molecule has 1 aliphatic carbocycles. The highest BCUT2D eigenvalue weighted by atomic mass is 16.5. The van der Waals surface area contributed by atoms with Gasteiger partial charge in [0.1, 0.15) is 0 Å². The van der Waals surface area contributed by atoms with Crippen LogP contribution in [0.5, 0.6) is 0 Å². The lowest BCUT2D eigenvalue weighted by Gasteiger charge is -2.32. The summed E-state index contributed by atoms with van der Waals surface area (Å²) in [5.41, 5.74) is 0.976. The maximum atomic E-state index is 12.4. The van der Waals surface area contributed by atoms with Crippen LogP contribution in [-0.4, -0.2) is 47.7 Å². The van der Waals surface area contributed by atoms with Crippen LogP contribution in [0, 0.1) is 5.92 Å². The van der Waals surface area contributed by atoms with Crippen LogP contribution in [0.1, 0.15) is 41.6 Å². The molecule has 124 valence electrons. The average Bonchev–Trinajstić information content (AvgIpc) is 3.38. The van der Waals surface area contributed by atoms with Crippen molar-refractivity contribution in [2.24, 2.45) is 5.92 Å². The van der Waals surface area contributed by atoms with E-state index in [1.54, 1.807) is 24.3 Å². The Kier molecular flexibility index (Phi) is 4.96. The summed E-state index contributed by atoms with van der Waals surface area (Å²) in [4.78, 5) is 25.2. The van der Waals surface area contributed by atoms with Crippen molar-refractivity contribution >= 4 is 11.9 Å². The molecule has 1 heterocycles. The first-order valence-corrected chi connectivity index (χ1v) is 8.33. The summed E-state index contributed by atoms with van der Waals surface area (Å²) in [6.45, 7) is 2.33. The predicted molar refractivity (Wildman–Crippen MR) is 85.4 cm³/mol. The van der Waals surface area contributed by atoms with Crippen molar-refractivity contribution in [1.82, 2.24) is 4.90 Å². The van der Waals surface area contributed by atoms with E-state index in [-0.39, 0.29) is 24.0 Å². The van der Waals surface area contributed by atoms with Crippen molar-refractivity contribution in [3.8, 4) is 0 Å². The van der Waals surface area contributed by atoms with Gasteiger partial charge in [-0.15, -0.1) is 0 Å². The van der Waals surface area contributed by atoms with Gasteiger partial charge >= 0.3 is 5.97 Å². The standard InChI is InChI=1S/C18H23NO4/c20-17(11-14-2-1-3-15(10-14)18(21)22)19-8-6-16(7-9-19)23-12-13-4-5-13/h1-3,10,13,16H,4-9,11-12H2,(H,21,22). The highest BCUT2D eigenvalue weighted by Crippen LogP contribution is 2.30. The molecule has 0 atom stereocenters. The zero-order valence-corrected chi connectivity index (χ0v) is 13.2. The lowest BCUT2D eigenvalue weighted by Crippen LogP contribution is -2.41. The monoisotopic (exact) mass is 317 g/mol. The van der Waals surface area contributed by atoms with Gasteiger partial charge in [0, 0.05) is 19.7 Å². The summed E-state index contributed by atoms with van der Waals surface area (Å²) in [5.74, 6) is -0.128. The fourth-order valence-electron chi connectivity index (χ4n) is 2.93. The quantitative estimate of drug-likeness (QED) is 0.874. The van der Waals surface area contributed by atoms with Gasteiger partial charge in [-0.3, -0.25) is 4.79 Å². The number of piperidine rings is 1. The van der Waals surface area contributed by atoms with Gasteiger partial charge in [-0.2, -0.15) is 0 Å². The number of amides is 1. The molecule has 0 aromatic heterocycles. The zero-order valence-electron chi connectivity index (χ0n) is 13.2. The molecule has 3 rings (SSSR count). The van der Waals surface area contributed by atoms with Crippen LogP contribution >= 0.6 is 0 Å². The number of hydrogen-bond donors (Lipinski definition) is 1. The molecule has 23 heavy (non-hydrogen) atoms. The molecular weight excluding hydrogens is 294 g/mol. The summed E-state index contributed by atoms with van der Waals surface area (Å²) in [7, 11) is 0. The summed E-state index contributed by atoms with van der Waals surface area (Å²) >= 11 is 0. The van der Waals surface area contributed by atoms with E-state index < -0.39 is 5.97 Å². The summed E-state index contributed by atoms with van der Waals surface area (Å²) in [6, 6.07) is 6.60. The van der Waals surface area contributed by atoms with Gasteiger partial charge in [0.15, 0.2) is 0 Å². The molecule has 0 spiro atoms. The van der Waals surface area contributed by atoms with E-state index >= 15 is 0 Å². The van der Waals surface area contributed by atoms with Gasteiger partial charge < -0.3 is 14.7 Å². The van der Waals surface area contributed by atoms with Crippen LogP contribution in [-0.2, 0) is 16.0 Å². The average molecular weight is 317 g/mol. The van der Waals surface area contributed by atoms with E-state index in [0.29, 0.717) is 0 Å². The molecule has 1 aliphatic heterocycles. The van der Waals surface area contributed by atoms with Crippen molar-refractivity contribution in [2.45, 2.75) is 38.2 Å². The number of hydrogen-bond acceptors (Lipinski definition) is 3. The van der Waals surface area contributed by atoms with Gasteiger partial charge in [0.2, 0.25) is 5.91 Å². The highest BCUT2D eigenvalue weighted by molar-refractivity contribution is 5.88. The van der Waals surface area contributed by atoms with Crippen molar-refractivity contribution in [2.75, 3.05) is 19.7 Å². The summed E-state index contributed by atoms with van der Waals surface area (Å²) < 4.78 is 5.89. The van der Waals surface area contributed by atoms with Crippen LogP contribution in [0.15, 0.2) is 24.3 Å². The molecule has 0 radical (unpaired) electrons. The van der Waals surface area contributed by atoms with E-state index in [0.717, 1.165) is 44.0 Å². The predicted octanol–water partition coefficient (Wildman–Crippen LogP) is 2.34. The molecule has 1 saturated heterocycles. The number of carboxylic acids is 1. The molecule has 0 unspecified atom stereocenters. The summed E-state index contributed by atoms with van der Waals surface area (Å²) in [5, 5.41) is 9.01. The number of benzene rings is 1. The minimum absolute atomic E-state index is 0.0631. The molecule has 5 nitrogen and oxygen atoms in total. The van der Waals surface area contributed by atoms with E-state index in [4.69, 9.17) is 9.84 Å². The van der Waals surface area contributed by atoms with Crippen LogP contribution in [0.3, 0.4) is 0 Å². The van der Waals surface area contributed by atoms with E-state index in [2.05, 4.69) is 0 Å². The van der Waals surface area contributed by atoms with Gasteiger partial charge in [-0.05, 0) is 49.3 Å². The minimum Gasteiger partial charge on any atom is -0.478 e. The fourth-order valence-corrected chi connectivity index (χ4v) is 2.93. The third-order valence-electron chi connectivity index (χ3n) is 4.59. The molecule has 1 aromatic carbocycles. The number of carboxylic acid groups (broad SMARTS) is 1. The van der Waals surface area contributed by atoms with Gasteiger partial charge in [-0.25, -0.2) is 4.79 Å². The number of aromatic carboxylic acids is 1. The number of rotatable bonds is 6. The van der Waals surface area contributed by atoms with Gasteiger partial charge in [-0.1, -0.05) is 12.1 Å². The van der Waals surface area contributed by atoms with Crippen molar-refractivity contribution in [3.05, 3.63) is 35.4 Å². The molecular formula is C18H23NO4. The largest absolute Gasteiger partial charge is 0.478 e. The maximum Gasteiger partial charge on any atom is 0.335 e. The normalized spacial score (nSPS) is 18.9. The van der Waals surface area contributed by atoms with Crippen LogP contribution in [0.2, 0.25) is 0 Å². The first-order valence-electron chi connectivity index (χ1n) is 8.33. The molecule has 5 heteroatoms. The Labute approximate surface area is 136 Å². The molecule has 1 amide bonds. The van der Waals surface area contributed by atoms with Crippen molar-refractivity contribution in [1.29, 1.82) is 0 Å². The van der Waals surface area contributed by atoms with Crippen LogP contribution in [0.25, 0.3) is 0 Å². The first kappa shape index (κ1) is 16.0. The van der Waals surface area contributed by atoms with E-state index in [1.165, 1.54) is 12.8 Å². The topological polar surface area (TPSA) is 66.8 Å².